The zero-order chi connectivity index (χ0) is 19.4. The molecule has 0 amide bonds. The lowest BCUT2D eigenvalue weighted by Gasteiger charge is -2.25. The first kappa shape index (κ1) is 19.6. The van der Waals surface area contributed by atoms with Gasteiger partial charge in [-0.3, -0.25) is 4.79 Å². The molecule has 1 saturated heterocycles. The van der Waals surface area contributed by atoms with Crippen molar-refractivity contribution in [3.63, 3.8) is 0 Å². The number of sulfonamides is 1. The van der Waals surface area contributed by atoms with Gasteiger partial charge in [0.1, 0.15) is 0 Å². The van der Waals surface area contributed by atoms with Gasteiger partial charge in [-0.05, 0) is 68.1 Å². The monoisotopic (exact) mass is 386 g/mol. The number of piperidine rings is 1. The van der Waals surface area contributed by atoms with Crippen LogP contribution < -0.4 is 5.32 Å². The summed E-state index contributed by atoms with van der Waals surface area (Å²) in [5.74, 6) is -0.0715. The fraction of sp³-hybridized carbons (Fsp3) is 0.381. The first-order chi connectivity index (χ1) is 12.9. The molecule has 0 atom stereocenters. The normalized spacial score (nSPS) is 15.5. The summed E-state index contributed by atoms with van der Waals surface area (Å²) < 4.78 is 26.9. The van der Waals surface area contributed by atoms with Crippen LogP contribution in [0.2, 0.25) is 0 Å². The van der Waals surface area contributed by atoms with Crippen LogP contribution in [0, 0.1) is 13.8 Å². The molecule has 0 unspecified atom stereocenters. The molecule has 0 aliphatic carbocycles. The molecule has 1 N–H and O–H groups in total. The molecule has 1 aliphatic heterocycles. The van der Waals surface area contributed by atoms with Gasteiger partial charge in [0.05, 0.1) is 11.4 Å². The zero-order valence-corrected chi connectivity index (χ0v) is 16.7. The van der Waals surface area contributed by atoms with Gasteiger partial charge in [-0.25, -0.2) is 8.42 Å². The second-order valence-corrected chi connectivity index (χ2v) is 9.02. The second-order valence-electron chi connectivity index (χ2n) is 7.08. The lowest BCUT2D eigenvalue weighted by atomic mass is 10.1. The Morgan fingerprint density at radius 2 is 1.67 bits per heavy atom. The van der Waals surface area contributed by atoms with Crippen molar-refractivity contribution < 1.29 is 13.2 Å². The molecule has 3 rings (SSSR count). The first-order valence-corrected chi connectivity index (χ1v) is 10.8. The van der Waals surface area contributed by atoms with Crippen LogP contribution in [-0.2, 0) is 10.0 Å². The van der Waals surface area contributed by atoms with E-state index < -0.39 is 10.0 Å². The van der Waals surface area contributed by atoms with E-state index in [0.29, 0.717) is 18.7 Å². The van der Waals surface area contributed by atoms with Crippen LogP contribution in [-0.4, -0.2) is 38.1 Å². The van der Waals surface area contributed by atoms with Crippen molar-refractivity contribution in [3.05, 3.63) is 59.2 Å². The maximum absolute atomic E-state index is 12.7. The molecule has 1 fully saturated rings. The Hall–Kier alpha value is -2.18. The molecule has 5 nitrogen and oxygen atoms in total. The van der Waals surface area contributed by atoms with E-state index in [9.17, 15) is 13.2 Å². The molecule has 0 bridgehead atoms. The van der Waals surface area contributed by atoms with Crippen molar-refractivity contribution in [2.24, 2.45) is 0 Å². The van der Waals surface area contributed by atoms with E-state index in [-0.39, 0.29) is 17.2 Å². The van der Waals surface area contributed by atoms with Crippen LogP contribution in [0.15, 0.2) is 47.4 Å². The minimum atomic E-state index is -3.46. The maximum Gasteiger partial charge on any atom is 0.243 e. The van der Waals surface area contributed by atoms with E-state index in [1.165, 1.54) is 16.4 Å². The molecule has 0 saturated carbocycles. The number of Topliss-reactive ketones (excluding diaryl/α,β-unsaturated/α-hetero) is 1. The predicted octanol–water partition coefficient (Wildman–Crippen LogP) is 3.77. The van der Waals surface area contributed by atoms with E-state index in [4.69, 9.17) is 0 Å². The molecular formula is C21H26N2O3S. The Balaban J connectivity index is 1.67. The zero-order valence-electron chi connectivity index (χ0n) is 15.9. The lowest BCUT2D eigenvalue weighted by molar-refractivity contribution is 0.101. The van der Waals surface area contributed by atoms with Crippen LogP contribution in [0.4, 0.5) is 5.69 Å². The number of carbonyl (C=O) groups is 1. The van der Waals surface area contributed by atoms with Gasteiger partial charge in [0.25, 0.3) is 0 Å². The number of anilines is 1. The van der Waals surface area contributed by atoms with Gasteiger partial charge in [-0.2, -0.15) is 4.31 Å². The number of carbonyl (C=O) groups excluding carboxylic acids is 1. The van der Waals surface area contributed by atoms with Crippen LogP contribution in [0.1, 0.15) is 40.7 Å². The molecule has 2 aromatic carbocycles. The summed E-state index contributed by atoms with van der Waals surface area (Å²) in [6.07, 6.45) is 2.88. The SMILES string of the molecule is Cc1ccc(C)c(NCC(=O)c2ccc(S(=O)(=O)N3CCCCC3)cc2)c1. The highest BCUT2D eigenvalue weighted by molar-refractivity contribution is 7.89. The predicted molar refractivity (Wildman–Crippen MR) is 108 cm³/mol. The summed E-state index contributed by atoms with van der Waals surface area (Å²) in [5, 5.41) is 3.17. The van der Waals surface area contributed by atoms with E-state index in [0.717, 1.165) is 36.1 Å². The van der Waals surface area contributed by atoms with Gasteiger partial charge in [0.15, 0.2) is 5.78 Å². The average molecular weight is 387 g/mol. The maximum atomic E-state index is 12.7. The Kier molecular flexibility index (Phi) is 5.97. The Morgan fingerprint density at radius 3 is 2.33 bits per heavy atom. The standard InChI is InChI=1S/C21H26N2O3S/c1-16-6-7-17(2)20(14-16)22-15-21(24)18-8-10-19(11-9-18)27(25,26)23-12-4-3-5-13-23/h6-11,14,22H,3-5,12-13,15H2,1-2H3. The average Bonchev–Trinajstić information content (AvgIpc) is 2.69. The van der Waals surface area contributed by atoms with Gasteiger partial charge in [-0.1, -0.05) is 18.6 Å². The van der Waals surface area contributed by atoms with Crippen LogP contribution in [0.3, 0.4) is 0 Å². The van der Waals surface area contributed by atoms with Crippen LogP contribution in [0.5, 0.6) is 0 Å². The van der Waals surface area contributed by atoms with Crippen molar-refractivity contribution in [2.45, 2.75) is 38.0 Å². The number of rotatable bonds is 6. The van der Waals surface area contributed by atoms with Gasteiger partial charge in [0.2, 0.25) is 10.0 Å². The van der Waals surface area contributed by atoms with E-state index in [1.807, 2.05) is 32.0 Å². The van der Waals surface area contributed by atoms with Gasteiger partial charge in [-0.15, -0.1) is 0 Å². The largest absolute Gasteiger partial charge is 0.377 e. The molecule has 6 heteroatoms. The second kappa shape index (κ2) is 8.23. The summed E-state index contributed by atoms with van der Waals surface area (Å²) >= 11 is 0. The molecule has 27 heavy (non-hydrogen) atoms. The van der Waals surface area contributed by atoms with E-state index in [2.05, 4.69) is 5.32 Å². The highest BCUT2D eigenvalue weighted by Gasteiger charge is 2.25. The molecule has 0 spiro atoms. The number of ketones is 1. The molecular weight excluding hydrogens is 360 g/mol. The lowest BCUT2D eigenvalue weighted by Crippen LogP contribution is -2.35. The van der Waals surface area contributed by atoms with Crippen molar-refractivity contribution in [2.75, 3.05) is 25.0 Å². The van der Waals surface area contributed by atoms with Crippen molar-refractivity contribution in [3.8, 4) is 0 Å². The number of nitrogens with zero attached hydrogens (tertiary/aromatic N) is 1. The van der Waals surface area contributed by atoms with E-state index in [1.54, 1.807) is 12.1 Å². The summed E-state index contributed by atoms with van der Waals surface area (Å²) in [5.41, 5.74) is 3.65. The van der Waals surface area contributed by atoms with Crippen molar-refractivity contribution in [1.29, 1.82) is 0 Å². The summed E-state index contributed by atoms with van der Waals surface area (Å²) in [7, 11) is -3.46. The van der Waals surface area contributed by atoms with Crippen LogP contribution in [0.25, 0.3) is 0 Å². The minimum Gasteiger partial charge on any atom is -0.377 e. The fourth-order valence-electron chi connectivity index (χ4n) is 3.27. The van der Waals surface area contributed by atoms with Crippen LogP contribution >= 0.6 is 0 Å². The van der Waals surface area contributed by atoms with Gasteiger partial charge in [0, 0.05) is 24.3 Å². The Bertz CT molecular complexity index is 915. The van der Waals surface area contributed by atoms with E-state index >= 15 is 0 Å². The third kappa shape index (κ3) is 4.57. The number of aryl methyl sites for hydroxylation is 2. The fourth-order valence-corrected chi connectivity index (χ4v) is 4.79. The number of benzene rings is 2. The highest BCUT2D eigenvalue weighted by Crippen LogP contribution is 2.21. The number of nitrogens with one attached hydrogen (secondary N) is 1. The highest BCUT2D eigenvalue weighted by atomic mass is 32.2. The summed E-state index contributed by atoms with van der Waals surface area (Å²) in [6.45, 7) is 5.31. The molecule has 144 valence electrons. The minimum absolute atomic E-state index is 0.0715. The summed E-state index contributed by atoms with van der Waals surface area (Å²) in [4.78, 5) is 12.7. The third-order valence-electron chi connectivity index (χ3n) is 4.96. The Morgan fingerprint density at radius 1 is 1.00 bits per heavy atom. The van der Waals surface area contributed by atoms with Gasteiger partial charge < -0.3 is 5.32 Å². The Labute approximate surface area is 161 Å². The molecule has 1 aliphatic rings. The molecule has 0 radical (unpaired) electrons. The molecule has 0 aromatic heterocycles. The topological polar surface area (TPSA) is 66.5 Å². The van der Waals surface area contributed by atoms with Crippen molar-refractivity contribution in [1.82, 2.24) is 4.31 Å². The smallest absolute Gasteiger partial charge is 0.243 e. The first-order valence-electron chi connectivity index (χ1n) is 9.32. The summed E-state index contributed by atoms with van der Waals surface area (Å²) in [6, 6.07) is 12.3. The number of hydrogen-bond donors (Lipinski definition) is 1. The molecule has 2 aromatic rings. The molecule has 1 heterocycles. The number of hydrogen-bond acceptors (Lipinski definition) is 4. The quantitative estimate of drug-likeness (QED) is 0.768. The van der Waals surface area contributed by atoms with Crippen molar-refractivity contribution >= 4 is 21.5 Å². The van der Waals surface area contributed by atoms with Gasteiger partial charge >= 0.3 is 0 Å². The third-order valence-corrected chi connectivity index (χ3v) is 6.87.